The van der Waals surface area contributed by atoms with Crippen molar-refractivity contribution in [1.82, 2.24) is 5.43 Å². The van der Waals surface area contributed by atoms with Crippen molar-refractivity contribution < 1.29 is 9.90 Å². The predicted octanol–water partition coefficient (Wildman–Crippen LogP) is 4.61. The third-order valence-electron chi connectivity index (χ3n) is 5.22. The summed E-state index contributed by atoms with van der Waals surface area (Å²) in [6.07, 6.45) is 2.32. The Morgan fingerprint density at radius 2 is 1.64 bits per heavy atom. The zero-order valence-corrected chi connectivity index (χ0v) is 16.6. The summed E-state index contributed by atoms with van der Waals surface area (Å²) < 4.78 is 0.581. The number of aromatic hydroxyl groups is 1. The molecule has 0 radical (unpaired) electrons. The van der Waals surface area contributed by atoms with Crippen LogP contribution in [0.1, 0.15) is 23.1 Å². The molecule has 4 rings (SSSR count). The van der Waals surface area contributed by atoms with Crippen LogP contribution in [0.5, 0.6) is 5.75 Å². The zero-order valence-electron chi connectivity index (χ0n) is 15.0. The van der Waals surface area contributed by atoms with Crippen LogP contribution < -0.4 is 5.43 Å². The van der Waals surface area contributed by atoms with Gasteiger partial charge in [0.25, 0.3) is 0 Å². The van der Waals surface area contributed by atoms with E-state index in [1.807, 2.05) is 36.4 Å². The van der Waals surface area contributed by atoms with Gasteiger partial charge < -0.3 is 5.11 Å². The first-order valence-corrected chi connectivity index (χ1v) is 9.83. The molecule has 1 aliphatic carbocycles. The van der Waals surface area contributed by atoms with Crippen molar-refractivity contribution in [3.8, 4) is 5.75 Å². The van der Waals surface area contributed by atoms with Gasteiger partial charge in [-0.3, -0.25) is 4.79 Å². The molecule has 0 spiro atoms. The highest BCUT2D eigenvalue weighted by atomic mass is 79.9. The van der Waals surface area contributed by atoms with Crippen LogP contribution in [-0.4, -0.2) is 17.2 Å². The Kier molecular flexibility index (Phi) is 5.01. The lowest BCUT2D eigenvalue weighted by atomic mass is 9.85. The molecule has 0 heterocycles. The van der Waals surface area contributed by atoms with Gasteiger partial charge in [-0.1, -0.05) is 60.7 Å². The van der Waals surface area contributed by atoms with E-state index in [1.54, 1.807) is 24.4 Å². The number of halogens is 1. The summed E-state index contributed by atoms with van der Waals surface area (Å²) in [4.78, 5) is 12.8. The lowest BCUT2D eigenvalue weighted by Crippen LogP contribution is -2.25. The van der Waals surface area contributed by atoms with Gasteiger partial charge in [-0.05, 0) is 57.2 Å². The quantitative estimate of drug-likeness (QED) is 0.454. The molecule has 1 amide bonds. The molecule has 3 aromatic rings. The molecule has 28 heavy (non-hydrogen) atoms. The number of amides is 1. The number of carbonyl (C=O) groups excluding carboxylic acids is 1. The van der Waals surface area contributed by atoms with E-state index in [9.17, 15) is 9.90 Å². The van der Waals surface area contributed by atoms with E-state index in [0.717, 1.165) is 23.1 Å². The number of hydrogen-bond donors (Lipinski definition) is 2. The van der Waals surface area contributed by atoms with Crippen LogP contribution in [0.25, 0.3) is 0 Å². The summed E-state index contributed by atoms with van der Waals surface area (Å²) in [6, 6.07) is 25.4. The van der Waals surface area contributed by atoms with Crippen LogP contribution in [0.3, 0.4) is 0 Å². The lowest BCUT2D eigenvalue weighted by molar-refractivity contribution is -0.122. The minimum absolute atomic E-state index is 0.0956. The molecule has 1 fully saturated rings. The number of hydrogen-bond acceptors (Lipinski definition) is 3. The van der Waals surface area contributed by atoms with Gasteiger partial charge in [-0.2, -0.15) is 5.10 Å². The maximum Gasteiger partial charge on any atom is 0.244 e. The number of rotatable bonds is 5. The maximum atomic E-state index is 12.8. The van der Waals surface area contributed by atoms with Gasteiger partial charge in [0.15, 0.2) is 0 Å². The van der Waals surface area contributed by atoms with Gasteiger partial charge in [0.1, 0.15) is 5.75 Å². The molecule has 1 unspecified atom stereocenters. The number of nitrogens with zero attached hydrogens (tertiary/aromatic N) is 1. The molecule has 5 heteroatoms. The van der Waals surface area contributed by atoms with E-state index < -0.39 is 0 Å². The average Bonchev–Trinajstić information content (AvgIpc) is 3.49. The highest BCUT2D eigenvalue weighted by Crippen LogP contribution is 2.58. The summed E-state index contributed by atoms with van der Waals surface area (Å²) in [5, 5.41) is 13.7. The monoisotopic (exact) mass is 434 g/mol. The number of phenolic OH excluding ortho intramolecular Hbond substituents is 1. The second-order valence-electron chi connectivity index (χ2n) is 6.91. The number of hydrazone groups is 1. The minimum Gasteiger partial charge on any atom is -0.507 e. The summed E-state index contributed by atoms with van der Waals surface area (Å²) >= 11 is 3.27. The van der Waals surface area contributed by atoms with Gasteiger partial charge in [-0.25, -0.2) is 5.43 Å². The third kappa shape index (κ3) is 3.45. The first-order chi connectivity index (χ1) is 13.6. The molecule has 0 saturated heterocycles. The number of benzene rings is 3. The number of phenols is 1. The zero-order chi connectivity index (χ0) is 19.6. The van der Waals surface area contributed by atoms with Crippen molar-refractivity contribution in [1.29, 1.82) is 0 Å². The Bertz CT molecular complexity index is 980. The second kappa shape index (κ2) is 7.60. The fourth-order valence-corrected chi connectivity index (χ4v) is 4.10. The maximum absolute atomic E-state index is 12.8. The molecule has 1 atom stereocenters. The van der Waals surface area contributed by atoms with Gasteiger partial charge in [0, 0.05) is 5.41 Å². The topological polar surface area (TPSA) is 61.7 Å². The van der Waals surface area contributed by atoms with Crippen LogP contribution in [-0.2, 0) is 10.2 Å². The standard InChI is InChI=1S/C23H19BrN2O2/c24-20-13-16(11-12-21(20)27)15-25-26-22(28)19-14-23(19,17-7-3-1-4-8-17)18-9-5-2-6-10-18/h1-13,15,19,27H,14H2,(H,26,28)/b25-15+. The lowest BCUT2D eigenvalue weighted by Gasteiger charge is -2.18. The molecule has 1 aliphatic rings. The van der Waals surface area contributed by atoms with Gasteiger partial charge in [0.05, 0.1) is 16.6 Å². The molecule has 140 valence electrons. The van der Waals surface area contributed by atoms with Crippen LogP contribution in [0.2, 0.25) is 0 Å². The van der Waals surface area contributed by atoms with Crippen LogP contribution >= 0.6 is 15.9 Å². The summed E-state index contributed by atoms with van der Waals surface area (Å²) in [7, 11) is 0. The Morgan fingerprint density at radius 1 is 1.04 bits per heavy atom. The van der Waals surface area contributed by atoms with Crippen molar-refractivity contribution >= 4 is 28.1 Å². The molecule has 4 nitrogen and oxygen atoms in total. The molecule has 2 N–H and O–H groups in total. The normalized spacial score (nSPS) is 17.4. The summed E-state index contributed by atoms with van der Waals surface area (Å²) in [6.45, 7) is 0. The molecule has 3 aromatic carbocycles. The Hall–Kier alpha value is -2.92. The van der Waals surface area contributed by atoms with Gasteiger partial charge >= 0.3 is 0 Å². The van der Waals surface area contributed by atoms with Crippen molar-refractivity contribution in [3.63, 3.8) is 0 Å². The fourth-order valence-electron chi connectivity index (χ4n) is 3.71. The van der Waals surface area contributed by atoms with Crippen molar-refractivity contribution in [2.45, 2.75) is 11.8 Å². The first-order valence-electron chi connectivity index (χ1n) is 9.04. The number of carbonyl (C=O) groups is 1. The van der Waals surface area contributed by atoms with Gasteiger partial charge in [0.2, 0.25) is 5.91 Å². The highest BCUT2D eigenvalue weighted by Gasteiger charge is 2.60. The smallest absolute Gasteiger partial charge is 0.244 e. The highest BCUT2D eigenvalue weighted by molar-refractivity contribution is 9.10. The van der Waals surface area contributed by atoms with Crippen LogP contribution in [0.15, 0.2) is 88.4 Å². The third-order valence-corrected chi connectivity index (χ3v) is 5.85. The van der Waals surface area contributed by atoms with E-state index in [1.165, 1.54) is 0 Å². The van der Waals surface area contributed by atoms with Gasteiger partial charge in [-0.15, -0.1) is 0 Å². The predicted molar refractivity (Wildman–Crippen MR) is 113 cm³/mol. The minimum atomic E-state index is -0.302. The largest absolute Gasteiger partial charge is 0.507 e. The average molecular weight is 435 g/mol. The van der Waals surface area contributed by atoms with E-state index in [2.05, 4.69) is 50.7 Å². The van der Waals surface area contributed by atoms with Crippen molar-refractivity contribution in [2.24, 2.45) is 11.0 Å². The van der Waals surface area contributed by atoms with Crippen molar-refractivity contribution in [2.75, 3.05) is 0 Å². The number of nitrogens with one attached hydrogen (secondary N) is 1. The first kappa shape index (κ1) is 18.4. The van der Waals surface area contributed by atoms with E-state index in [0.29, 0.717) is 4.47 Å². The molecular weight excluding hydrogens is 416 g/mol. The fraction of sp³-hybridized carbons (Fsp3) is 0.130. The van der Waals surface area contributed by atoms with Crippen LogP contribution in [0.4, 0.5) is 0 Å². The SMILES string of the molecule is O=C(N/N=C/c1ccc(O)c(Br)c1)C1CC1(c1ccccc1)c1ccccc1. The van der Waals surface area contributed by atoms with Crippen LogP contribution in [0, 0.1) is 5.92 Å². The molecule has 1 saturated carbocycles. The van der Waals surface area contributed by atoms with E-state index in [-0.39, 0.29) is 23.0 Å². The Labute approximate surface area is 172 Å². The Morgan fingerprint density at radius 3 is 2.21 bits per heavy atom. The second-order valence-corrected chi connectivity index (χ2v) is 7.76. The molecule has 0 aliphatic heterocycles. The molecule has 0 aromatic heterocycles. The molecular formula is C23H19BrN2O2. The van der Waals surface area contributed by atoms with Crippen molar-refractivity contribution in [3.05, 3.63) is 100 Å². The van der Waals surface area contributed by atoms with E-state index in [4.69, 9.17) is 0 Å². The molecule has 0 bridgehead atoms. The summed E-state index contributed by atoms with van der Waals surface area (Å²) in [5.74, 6) is -0.0996. The van der Waals surface area contributed by atoms with E-state index >= 15 is 0 Å². The Balaban J connectivity index is 1.53. The summed E-state index contributed by atoms with van der Waals surface area (Å²) in [5.41, 5.74) is 5.44.